The van der Waals surface area contributed by atoms with Crippen LogP contribution in [0.2, 0.25) is 5.02 Å². The summed E-state index contributed by atoms with van der Waals surface area (Å²) in [5, 5.41) is 6.62. The Morgan fingerprint density at radius 2 is 1.88 bits per heavy atom. The lowest BCUT2D eigenvalue weighted by molar-refractivity contribution is -0.119. The van der Waals surface area contributed by atoms with Crippen molar-refractivity contribution in [2.75, 3.05) is 11.9 Å². The molecular weight excluding hydrogens is 368 g/mol. The maximum absolute atomic E-state index is 12.0. The zero-order valence-electron chi connectivity index (χ0n) is 14.8. The Hall–Kier alpha value is -2.11. The highest BCUT2D eigenvalue weighted by Gasteiger charge is 2.07. The second-order valence-electron chi connectivity index (χ2n) is 5.82. The van der Waals surface area contributed by atoms with Gasteiger partial charge in [-0.1, -0.05) is 43.1 Å². The van der Waals surface area contributed by atoms with Gasteiger partial charge in [-0.05, 0) is 61.0 Å². The molecule has 6 heteroatoms. The fraction of sp³-hybridized carbons (Fsp3) is 0.300. The van der Waals surface area contributed by atoms with E-state index in [-0.39, 0.29) is 11.0 Å². The number of unbranched alkanes of at least 4 members (excludes halogenated alkanes) is 1. The normalized spacial score (nSPS) is 10.2. The zero-order chi connectivity index (χ0) is 18.8. The number of nitrogens with one attached hydrogen (secondary N) is 2. The molecule has 26 heavy (non-hydrogen) atoms. The lowest BCUT2D eigenvalue weighted by atomic mass is 10.1. The van der Waals surface area contributed by atoms with E-state index in [0.29, 0.717) is 24.5 Å². The van der Waals surface area contributed by atoms with E-state index in [2.05, 4.69) is 17.6 Å². The Labute approximate surface area is 164 Å². The van der Waals surface area contributed by atoms with Crippen LogP contribution in [0.4, 0.5) is 5.69 Å². The van der Waals surface area contributed by atoms with Gasteiger partial charge in [0.1, 0.15) is 5.75 Å². The lowest BCUT2D eigenvalue weighted by Crippen LogP contribution is -2.34. The summed E-state index contributed by atoms with van der Waals surface area (Å²) in [7, 11) is 0. The van der Waals surface area contributed by atoms with Crippen LogP contribution < -0.4 is 15.4 Å². The molecular formula is C20H23ClN2O2S. The standard InChI is InChI=1S/C20H23ClN2O2S/c1-2-3-14-25-17-11-9-16(10-12-17)22-20(26)23-19(24)13-8-15-6-4-5-7-18(15)21/h4-7,9-12H,2-3,8,13-14H2,1H3,(H2,22,23,24,26). The quantitative estimate of drug-likeness (QED) is 0.493. The maximum atomic E-state index is 12.0. The molecule has 4 nitrogen and oxygen atoms in total. The Morgan fingerprint density at radius 3 is 2.58 bits per heavy atom. The van der Waals surface area contributed by atoms with E-state index < -0.39 is 0 Å². The third-order valence-electron chi connectivity index (χ3n) is 3.71. The molecule has 0 aliphatic heterocycles. The molecule has 0 fully saturated rings. The average Bonchev–Trinajstić information content (AvgIpc) is 2.62. The van der Waals surface area contributed by atoms with E-state index in [1.54, 1.807) is 0 Å². The van der Waals surface area contributed by atoms with Crippen molar-refractivity contribution in [1.82, 2.24) is 5.32 Å². The monoisotopic (exact) mass is 390 g/mol. The first-order valence-electron chi connectivity index (χ1n) is 8.65. The van der Waals surface area contributed by atoms with Gasteiger partial charge < -0.3 is 15.4 Å². The van der Waals surface area contributed by atoms with Gasteiger partial charge in [-0.25, -0.2) is 0 Å². The van der Waals surface area contributed by atoms with Crippen molar-refractivity contribution >= 4 is 40.5 Å². The summed E-state index contributed by atoms with van der Waals surface area (Å²) < 4.78 is 5.61. The van der Waals surface area contributed by atoms with Crippen LogP contribution in [0.1, 0.15) is 31.7 Å². The smallest absolute Gasteiger partial charge is 0.226 e. The summed E-state index contributed by atoms with van der Waals surface area (Å²) in [5.74, 6) is 0.667. The van der Waals surface area contributed by atoms with Gasteiger partial charge in [-0.2, -0.15) is 0 Å². The van der Waals surface area contributed by atoms with Crippen molar-refractivity contribution in [3.05, 3.63) is 59.1 Å². The lowest BCUT2D eigenvalue weighted by Gasteiger charge is -2.11. The van der Waals surface area contributed by atoms with E-state index >= 15 is 0 Å². The zero-order valence-corrected chi connectivity index (χ0v) is 16.3. The van der Waals surface area contributed by atoms with Crippen molar-refractivity contribution in [2.45, 2.75) is 32.6 Å². The summed E-state index contributed by atoms with van der Waals surface area (Å²) in [4.78, 5) is 12.0. The van der Waals surface area contributed by atoms with Gasteiger partial charge in [-0.15, -0.1) is 0 Å². The number of hydrogen-bond acceptors (Lipinski definition) is 3. The van der Waals surface area contributed by atoms with E-state index in [4.69, 9.17) is 28.6 Å². The van der Waals surface area contributed by atoms with Crippen molar-refractivity contribution in [3.63, 3.8) is 0 Å². The number of rotatable bonds is 8. The van der Waals surface area contributed by atoms with Crippen molar-refractivity contribution in [1.29, 1.82) is 0 Å². The number of anilines is 1. The molecule has 2 aromatic carbocycles. The molecule has 0 atom stereocenters. The first-order chi connectivity index (χ1) is 12.6. The van der Waals surface area contributed by atoms with Gasteiger partial charge in [0.05, 0.1) is 6.61 Å². The molecule has 2 aromatic rings. The van der Waals surface area contributed by atoms with Gasteiger partial charge >= 0.3 is 0 Å². The first kappa shape index (κ1) is 20.2. The largest absolute Gasteiger partial charge is 0.494 e. The highest BCUT2D eigenvalue weighted by molar-refractivity contribution is 7.80. The Kier molecular flexibility index (Phi) is 8.38. The molecule has 1 amide bonds. The SMILES string of the molecule is CCCCOc1ccc(NC(=S)NC(=O)CCc2ccccc2Cl)cc1. The molecule has 0 bridgehead atoms. The topological polar surface area (TPSA) is 50.4 Å². The van der Waals surface area contributed by atoms with E-state index in [9.17, 15) is 4.79 Å². The van der Waals surface area contributed by atoms with E-state index in [1.807, 2.05) is 48.5 Å². The molecule has 2 rings (SSSR count). The van der Waals surface area contributed by atoms with Crippen LogP contribution >= 0.6 is 23.8 Å². The summed E-state index contributed by atoms with van der Waals surface area (Å²) in [6.45, 7) is 2.84. The number of ether oxygens (including phenoxy) is 1. The van der Waals surface area contributed by atoms with Crippen molar-refractivity contribution in [2.24, 2.45) is 0 Å². The molecule has 0 saturated heterocycles. The second-order valence-corrected chi connectivity index (χ2v) is 6.64. The predicted octanol–water partition coefficient (Wildman–Crippen LogP) is 4.96. The molecule has 0 aliphatic carbocycles. The fourth-order valence-corrected chi connectivity index (χ4v) is 2.73. The van der Waals surface area contributed by atoms with Crippen molar-refractivity contribution < 1.29 is 9.53 Å². The molecule has 0 aromatic heterocycles. The van der Waals surface area contributed by atoms with Crippen LogP contribution in [0.25, 0.3) is 0 Å². The number of halogens is 1. The van der Waals surface area contributed by atoms with Crippen LogP contribution in [-0.2, 0) is 11.2 Å². The van der Waals surface area contributed by atoms with E-state index in [0.717, 1.165) is 29.8 Å². The van der Waals surface area contributed by atoms with Crippen LogP contribution in [0.15, 0.2) is 48.5 Å². The van der Waals surface area contributed by atoms with Gasteiger partial charge in [-0.3, -0.25) is 4.79 Å². The Bertz CT molecular complexity index is 735. The van der Waals surface area contributed by atoms with Crippen LogP contribution in [0.5, 0.6) is 5.75 Å². The minimum Gasteiger partial charge on any atom is -0.494 e. The molecule has 0 spiro atoms. The number of hydrogen-bond donors (Lipinski definition) is 2. The molecule has 0 aliphatic rings. The molecule has 0 saturated carbocycles. The molecule has 0 unspecified atom stereocenters. The summed E-state index contributed by atoms with van der Waals surface area (Å²) in [5.41, 5.74) is 1.74. The molecule has 138 valence electrons. The van der Waals surface area contributed by atoms with Gasteiger partial charge in [0, 0.05) is 17.1 Å². The summed E-state index contributed by atoms with van der Waals surface area (Å²) in [6, 6.07) is 15.0. The molecule has 2 N–H and O–H groups in total. The second kappa shape index (κ2) is 10.8. The van der Waals surface area contributed by atoms with Gasteiger partial charge in [0.2, 0.25) is 5.91 Å². The Morgan fingerprint density at radius 1 is 1.15 bits per heavy atom. The fourth-order valence-electron chi connectivity index (χ4n) is 2.27. The average molecular weight is 391 g/mol. The predicted molar refractivity (Wildman–Crippen MR) is 111 cm³/mol. The minimum absolute atomic E-state index is 0.151. The number of amides is 1. The number of aryl methyl sites for hydroxylation is 1. The van der Waals surface area contributed by atoms with Crippen LogP contribution in [0.3, 0.4) is 0 Å². The number of benzene rings is 2. The highest BCUT2D eigenvalue weighted by atomic mass is 35.5. The van der Waals surface area contributed by atoms with Crippen LogP contribution in [0, 0.1) is 0 Å². The Balaban J connectivity index is 1.75. The summed E-state index contributed by atoms with van der Waals surface area (Å²) >= 11 is 11.3. The van der Waals surface area contributed by atoms with E-state index in [1.165, 1.54) is 0 Å². The summed E-state index contributed by atoms with van der Waals surface area (Å²) in [6.07, 6.45) is 3.02. The number of carbonyl (C=O) groups excluding carboxylic acids is 1. The molecule has 0 heterocycles. The minimum atomic E-state index is -0.151. The number of thiocarbonyl (C=S) groups is 1. The van der Waals surface area contributed by atoms with Gasteiger partial charge in [0.15, 0.2) is 5.11 Å². The van der Waals surface area contributed by atoms with Gasteiger partial charge in [0.25, 0.3) is 0 Å². The first-order valence-corrected chi connectivity index (χ1v) is 9.44. The van der Waals surface area contributed by atoms with Crippen LogP contribution in [-0.4, -0.2) is 17.6 Å². The number of carbonyl (C=O) groups is 1. The highest BCUT2D eigenvalue weighted by Crippen LogP contribution is 2.17. The third-order valence-corrected chi connectivity index (χ3v) is 4.28. The van der Waals surface area contributed by atoms with Crippen molar-refractivity contribution in [3.8, 4) is 5.75 Å². The maximum Gasteiger partial charge on any atom is 0.226 e. The molecule has 0 radical (unpaired) electrons. The third kappa shape index (κ3) is 7.02.